The number of ether oxygens (including phenoxy) is 1. The standard InChI is InChI=1S/C15H14FNO2/c1-2-5-19-14-6-12(8-17-9-14)15-7-13(16)4-3-11(15)10-18/h3-4,6-10H,2,5H2,1H3. The molecular weight excluding hydrogens is 245 g/mol. The number of halogens is 1. The molecule has 3 nitrogen and oxygen atoms in total. The van der Waals surface area contributed by atoms with Crippen molar-refractivity contribution in [2.24, 2.45) is 0 Å². The average molecular weight is 259 g/mol. The van der Waals surface area contributed by atoms with Gasteiger partial charge < -0.3 is 4.74 Å². The van der Waals surface area contributed by atoms with Gasteiger partial charge in [0, 0.05) is 17.3 Å². The number of nitrogens with zero attached hydrogens (tertiary/aromatic N) is 1. The van der Waals surface area contributed by atoms with Crippen LogP contribution < -0.4 is 4.74 Å². The highest BCUT2D eigenvalue weighted by molar-refractivity contribution is 5.87. The predicted octanol–water partition coefficient (Wildman–Crippen LogP) is 3.49. The Labute approximate surface area is 111 Å². The van der Waals surface area contributed by atoms with Gasteiger partial charge in [0.2, 0.25) is 0 Å². The fourth-order valence-electron chi connectivity index (χ4n) is 1.75. The minimum Gasteiger partial charge on any atom is -0.492 e. The lowest BCUT2D eigenvalue weighted by Gasteiger charge is -2.08. The van der Waals surface area contributed by atoms with E-state index in [0.29, 0.717) is 35.3 Å². The molecule has 2 aromatic rings. The molecule has 0 unspecified atom stereocenters. The first-order valence-corrected chi connectivity index (χ1v) is 6.07. The third-order valence-electron chi connectivity index (χ3n) is 2.64. The van der Waals surface area contributed by atoms with Gasteiger partial charge in [-0.15, -0.1) is 0 Å². The van der Waals surface area contributed by atoms with Crippen LogP contribution in [0.1, 0.15) is 23.7 Å². The van der Waals surface area contributed by atoms with Crippen LogP contribution >= 0.6 is 0 Å². The van der Waals surface area contributed by atoms with E-state index in [2.05, 4.69) is 4.98 Å². The highest BCUT2D eigenvalue weighted by Gasteiger charge is 2.08. The van der Waals surface area contributed by atoms with Crippen molar-refractivity contribution < 1.29 is 13.9 Å². The minimum absolute atomic E-state index is 0.388. The molecule has 0 bridgehead atoms. The largest absolute Gasteiger partial charge is 0.492 e. The quantitative estimate of drug-likeness (QED) is 0.771. The van der Waals surface area contributed by atoms with Crippen molar-refractivity contribution in [3.63, 3.8) is 0 Å². The Hall–Kier alpha value is -2.23. The average Bonchev–Trinajstić information content (AvgIpc) is 2.45. The van der Waals surface area contributed by atoms with Gasteiger partial charge in [-0.3, -0.25) is 9.78 Å². The molecule has 19 heavy (non-hydrogen) atoms. The monoisotopic (exact) mass is 259 g/mol. The Morgan fingerprint density at radius 3 is 2.89 bits per heavy atom. The number of carbonyl (C=O) groups is 1. The lowest BCUT2D eigenvalue weighted by Crippen LogP contribution is -1.96. The lowest BCUT2D eigenvalue weighted by atomic mass is 10.0. The van der Waals surface area contributed by atoms with Gasteiger partial charge in [0.15, 0.2) is 6.29 Å². The van der Waals surface area contributed by atoms with Gasteiger partial charge in [-0.1, -0.05) is 6.92 Å². The number of pyridine rings is 1. The Morgan fingerprint density at radius 2 is 2.16 bits per heavy atom. The van der Waals surface area contributed by atoms with Crippen LogP contribution in [-0.4, -0.2) is 17.9 Å². The molecule has 98 valence electrons. The van der Waals surface area contributed by atoms with E-state index in [1.165, 1.54) is 18.2 Å². The van der Waals surface area contributed by atoms with E-state index >= 15 is 0 Å². The summed E-state index contributed by atoms with van der Waals surface area (Å²) in [5.74, 6) is 0.223. The van der Waals surface area contributed by atoms with Crippen LogP contribution in [0.25, 0.3) is 11.1 Å². The van der Waals surface area contributed by atoms with Crippen LogP contribution in [0.5, 0.6) is 5.75 Å². The molecular formula is C15H14FNO2. The Balaban J connectivity index is 2.40. The number of benzene rings is 1. The van der Waals surface area contributed by atoms with Crippen LogP contribution in [0.15, 0.2) is 36.7 Å². The highest BCUT2D eigenvalue weighted by atomic mass is 19.1. The molecule has 0 fully saturated rings. The fourth-order valence-corrected chi connectivity index (χ4v) is 1.75. The van der Waals surface area contributed by atoms with E-state index in [0.717, 1.165) is 6.42 Å². The molecule has 0 aliphatic heterocycles. The summed E-state index contributed by atoms with van der Waals surface area (Å²) >= 11 is 0. The van der Waals surface area contributed by atoms with Gasteiger partial charge in [0.05, 0.1) is 12.8 Å². The summed E-state index contributed by atoms with van der Waals surface area (Å²) in [5.41, 5.74) is 1.61. The van der Waals surface area contributed by atoms with Gasteiger partial charge in [-0.2, -0.15) is 0 Å². The molecule has 1 aromatic heterocycles. The molecule has 0 saturated carbocycles. The second kappa shape index (κ2) is 6.09. The number of carbonyl (C=O) groups excluding carboxylic acids is 1. The van der Waals surface area contributed by atoms with E-state index in [1.807, 2.05) is 6.92 Å². The maximum Gasteiger partial charge on any atom is 0.150 e. The summed E-state index contributed by atoms with van der Waals surface area (Å²) in [6.07, 6.45) is 4.78. The topological polar surface area (TPSA) is 39.2 Å². The van der Waals surface area contributed by atoms with Crippen molar-refractivity contribution in [1.29, 1.82) is 0 Å². The van der Waals surface area contributed by atoms with E-state index in [1.54, 1.807) is 18.5 Å². The molecule has 4 heteroatoms. The van der Waals surface area contributed by atoms with Crippen molar-refractivity contribution in [3.8, 4) is 16.9 Å². The maximum atomic E-state index is 13.3. The predicted molar refractivity (Wildman–Crippen MR) is 70.8 cm³/mol. The molecule has 1 aromatic carbocycles. The fraction of sp³-hybridized carbons (Fsp3) is 0.200. The Bertz CT molecular complexity index is 584. The summed E-state index contributed by atoms with van der Waals surface area (Å²) in [4.78, 5) is 15.1. The Kier molecular flexibility index (Phi) is 4.23. The van der Waals surface area contributed by atoms with Gasteiger partial charge in [0.1, 0.15) is 11.6 Å². The normalized spacial score (nSPS) is 10.2. The SMILES string of the molecule is CCCOc1cncc(-c2cc(F)ccc2C=O)c1. The van der Waals surface area contributed by atoms with Crippen LogP contribution in [0, 0.1) is 5.82 Å². The minimum atomic E-state index is -0.388. The molecule has 0 amide bonds. The number of hydrogen-bond acceptors (Lipinski definition) is 3. The van der Waals surface area contributed by atoms with Crippen LogP contribution in [0.2, 0.25) is 0 Å². The zero-order valence-electron chi connectivity index (χ0n) is 10.6. The van der Waals surface area contributed by atoms with Crippen molar-refractivity contribution in [1.82, 2.24) is 4.98 Å². The summed E-state index contributed by atoms with van der Waals surface area (Å²) in [7, 11) is 0. The van der Waals surface area contributed by atoms with Crippen LogP contribution in [-0.2, 0) is 0 Å². The van der Waals surface area contributed by atoms with Crippen molar-refractivity contribution >= 4 is 6.29 Å². The van der Waals surface area contributed by atoms with Crippen molar-refractivity contribution in [2.75, 3.05) is 6.61 Å². The molecule has 0 saturated heterocycles. The number of aromatic nitrogens is 1. The smallest absolute Gasteiger partial charge is 0.150 e. The first kappa shape index (κ1) is 13.2. The summed E-state index contributed by atoms with van der Waals surface area (Å²) in [6, 6.07) is 5.80. The van der Waals surface area contributed by atoms with E-state index < -0.39 is 0 Å². The Morgan fingerprint density at radius 1 is 1.32 bits per heavy atom. The summed E-state index contributed by atoms with van der Waals surface area (Å²) < 4.78 is 18.8. The molecule has 0 atom stereocenters. The van der Waals surface area contributed by atoms with Gasteiger partial charge >= 0.3 is 0 Å². The van der Waals surface area contributed by atoms with Gasteiger partial charge in [-0.05, 0) is 36.2 Å². The zero-order chi connectivity index (χ0) is 13.7. The third-order valence-corrected chi connectivity index (χ3v) is 2.64. The number of hydrogen-bond donors (Lipinski definition) is 0. The van der Waals surface area contributed by atoms with Crippen molar-refractivity contribution in [2.45, 2.75) is 13.3 Å². The summed E-state index contributed by atoms with van der Waals surface area (Å²) in [6.45, 7) is 2.60. The van der Waals surface area contributed by atoms with Crippen molar-refractivity contribution in [3.05, 3.63) is 48.0 Å². The number of aldehydes is 1. The zero-order valence-corrected chi connectivity index (χ0v) is 10.6. The van der Waals surface area contributed by atoms with Gasteiger partial charge in [0.25, 0.3) is 0 Å². The van der Waals surface area contributed by atoms with Gasteiger partial charge in [-0.25, -0.2) is 4.39 Å². The summed E-state index contributed by atoms with van der Waals surface area (Å²) in [5, 5.41) is 0. The van der Waals surface area contributed by atoms with Crippen LogP contribution in [0.3, 0.4) is 0 Å². The molecule has 0 spiro atoms. The lowest BCUT2D eigenvalue weighted by molar-refractivity contribution is 0.112. The molecule has 2 rings (SSSR count). The van der Waals surface area contributed by atoms with E-state index in [9.17, 15) is 9.18 Å². The maximum absolute atomic E-state index is 13.3. The number of rotatable bonds is 5. The highest BCUT2D eigenvalue weighted by Crippen LogP contribution is 2.26. The van der Waals surface area contributed by atoms with Crippen LogP contribution in [0.4, 0.5) is 4.39 Å². The first-order chi connectivity index (χ1) is 9.24. The first-order valence-electron chi connectivity index (χ1n) is 6.07. The van der Waals surface area contributed by atoms with E-state index in [4.69, 9.17) is 4.74 Å². The molecule has 0 aliphatic carbocycles. The molecule has 0 radical (unpaired) electrons. The molecule has 0 aliphatic rings. The second-order valence-corrected chi connectivity index (χ2v) is 4.11. The second-order valence-electron chi connectivity index (χ2n) is 4.11. The molecule has 1 heterocycles. The molecule has 0 N–H and O–H groups in total. The van der Waals surface area contributed by atoms with E-state index in [-0.39, 0.29) is 5.82 Å². The third kappa shape index (κ3) is 3.16.